The van der Waals surface area contributed by atoms with Crippen molar-refractivity contribution in [3.8, 4) is 11.5 Å². The average molecular weight is 475 g/mol. The zero-order chi connectivity index (χ0) is 22.1. The Balaban J connectivity index is 1.95. The molecule has 1 N–H and O–H groups in total. The molecular weight excluding hydrogens is 448 g/mol. The van der Waals surface area contributed by atoms with Crippen molar-refractivity contribution in [3.05, 3.63) is 58.6 Å². The normalized spacial score (nSPS) is 10.9. The summed E-state index contributed by atoms with van der Waals surface area (Å²) in [6.07, 6.45) is 3.11. The number of para-hydroxylation sites is 1. The van der Waals surface area contributed by atoms with E-state index >= 15 is 0 Å². The van der Waals surface area contributed by atoms with Gasteiger partial charge >= 0.3 is 0 Å². The monoisotopic (exact) mass is 474 g/mol. The highest BCUT2D eigenvalue weighted by Gasteiger charge is 2.12. The maximum absolute atomic E-state index is 12.4. The summed E-state index contributed by atoms with van der Waals surface area (Å²) in [5, 5.41) is 2.78. The first-order valence-electron chi connectivity index (χ1n) is 9.58. The number of rotatable bonds is 9. The fraction of sp³-hybridized carbons (Fsp3) is 0.304. The molecule has 0 spiro atoms. The Hall–Kier alpha value is -2.80. The summed E-state index contributed by atoms with van der Waals surface area (Å²) < 4.78 is 11.9. The van der Waals surface area contributed by atoms with Gasteiger partial charge in [0.2, 0.25) is 11.8 Å². The number of carbonyl (C=O) groups excluding carboxylic acids is 2. The highest BCUT2D eigenvalue weighted by molar-refractivity contribution is 9.10. The largest absolute Gasteiger partial charge is 0.493 e. The molecule has 0 radical (unpaired) electrons. The first-order chi connectivity index (χ1) is 14.3. The zero-order valence-electron chi connectivity index (χ0n) is 17.6. The molecule has 160 valence electrons. The minimum atomic E-state index is -0.281. The van der Waals surface area contributed by atoms with Crippen molar-refractivity contribution >= 4 is 39.5 Å². The third-order valence-corrected chi connectivity index (χ3v) is 4.77. The lowest BCUT2D eigenvalue weighted by atomic mass is 10.2. The topological polar surface area (TPSA) is 67.9 Å². The number of halogens is 1. The molecule has 0 bridgehead atoms. The van der Waals surface area contributed by atoms with Crippen molar-refractivity contribution in [3.63, 3.8) is 0 Å². The number of carbonyl (C=O) groups is 2. The van der Waals surface area contributed by atoms with Crippen LogP contribution >= 0.6 is 15.9 Å². The Kier molecular flexibility index (Phi) is 8.92. The molecule has 2 rings (SSSR count). The van der Waals surface area contributed by atoms with E-state index in [2.05, 4.69) is 35.1 Å². The number of methoxy groups -OCH3 is 1. The maximum atomic E-state index is 12.4. The Bertz CT molecular complexity index is 912. The van der Waals surface area contributed by atoms with Crippen LogP contribution in [0.25, 0.3) is 6.08 Å². The minimum absolute atomic E-state index is 0.0597. The van der Waals surface area contributed by atoms with Crippen LogP contribution in [0.15, 0.2) is 53.0 Å². The van der Waals surface area contributed by atoms with Gasteiger partial charge in [-0.15, -0.1) is 0 Å². The van der Waals surface area contributed by atoms with E-state index in [4.69, 9.17) is 9.47 Å². The summed E-state index contributed by atoms with van der Waals surface area (Å²) >= 11 is 3.38. The maximum Gasteiger partial charge on any atom is 0.246 e. The molecule has 0 fully saturated rings. The van der Waals surface area contributed by atoms with E-state index in [1.54, 1.807) is 32.4 Å². The SMILES string of the molecule is COc1cc(/C=C/C(=O)N(C)CC(=O)Nc2ccccc2Br)ccc1OCC(C)C. The third kappa shape index (κ3) is 7.22. The van der Waals surface area contributed by atoms with Gasteiger partial charge in [0.15, 0.2) is 11.5 Å². The quantitative estimate of drug-likeness (QED) is 0.539. The Labute approximate surface area is 186 Å². The molecule has 0 aromatic heterocycles. The molecule has 0 aliphatic carbocycles. The second-order valence-corrected chi connectivity index (χ2v) is 8.03. The van der Waals surface area contributed by atoms with E-state index < -0.39 is 0 Å². The molecule has 0 aliphatic rings. The summed E-state index contributed by atoms with van der Waals surface area (Å²) in [7, 11) is 3.16. The second kappa shape index (κ2) is 11.4. The molecule has 0 heterocycles. The van der Waals surface area contributed by atoms with E-state index in [-0.39, 0.29) is 18.4 Å². The third-order valence-electron chi connectivity index (χ3n) is 4.08. The number of ether oxygens (including phenoxy) is 2. The molecule has 2 aromatic rings. The van der Waals surface area contributed by atoms with E-state index in [1.807, 2.05) is 30.3 Å². The highest BCUT2D eigenvalue weighted by Crippen LogP contribution is 2.29. The Morgan fingerprint density at radius 3 is 2.57 bits per heavy atom. The van der Waals surface area contributed by atoms with Gasteiger partial charge in [0, 0.05) is 17.6 Å². The van der Waals surface area contributed by atoms with Gasteiger partial charge in [-0.2, -0.15) is 0 Å². The molecule has 30 heavy (non-hydrogen) atoms. The smallest absolute Gasteiger partial charge is 0.246 e. The van der Waals surface area contributed by atoms with Crippen LogP contribution in [-0.4, -0.2) is 44.0 Å². The van der Waals surface area contributed by atoms with Crippen LogP contribution in [0.2, 0.25) is 0 Å². The van der Waals surface area contributed by atoms with Gasteiger partial charge in [-0.25, -0.2) is 0 Å². The first-order valence-corrected chi connectivity index (χ1v) is 10.4. The summed E-state index contributed by atoms with van der Waals surface area (Å²) in [5.74, 6) is 1.11. The number of nitrogens with zero attached hydrogens (tertiary/aromatic N) is 1. The lowest BCUT2D eigenvalue weighted by Crippen LogP contribution is -2.33. The Morgan fingerprint density at radius 2 is 1.90 bits per heavy atom. The molecule has 0 atom stereocenters. The van der Waals surface area contributed by atoms with Crippen LogP contribution in [0.4, 0.5) is 5.69 Å². The van der Waals surface area contributed by atoms with Gasteiger partial charge in [0.25, 0.3) is 0 Å². The number of benzene rings is 2. The summed E-state index contributed by atoms with van der Waals surface area (Å²) in [6.45, 7) is 4.68. The number of hydrogen-bond acceptors (Lipinski definition) is 4. The van der Waals surface area contributed by atoms with Gasteiger partial charge in [0.1, 0.15) is 0 Å². The van der Waals surface area contributed by atoms with Crippen LogP contribution < -0.4 is 14.8 Å². The van der Waals surface area contributed by atoms with E-state index in [0.717, 1.165) is 10.0 Å². The fourth-order valence-corrected chi connectivity index (χ4v) is 2.89. The predicted molar refractivity (Wildman–Crippen MR) is 123 cm³/mol. The minimum Gasteiger partial charge on any atom is -0.493 e. The number of amides is 2. The van der Waals surface area contributed by atoms with Crippen molar-refractivity contribution in [2.24, 2.45) is 5.92 Å². The Morgan fingerprint density at radius 1 is 1.17 bits per heavy atom. The molecule has 0 saturated carbocycles. The molecule has 2 amide bonds. The van der Waals surface area contributed by atoms with Crippen molar-refractivity contribution in [2.75, 3.05) is 32.6 Å². The van der Waals surface area contributed by atoms with Crippen LogP contribution in [0.1, 0.15) is 19.4 Å². The van der Waals surface area contributed by atoms with Gasteiger partial charge in [0.05, 0.1) is 25.9 Å². The molecule has 2 aromatic carbocycles. The lowest BCUT2D eigenvalue weighted by Gasteiger charge is -2.15. The molecular formula is C23H27BrN2O4. The number of anilines is 1. The van der Waals surface area contributed by atoms with Crippen LogP contribution in [0.5, 0.6) is 11.5 Å². The molecule has 0 aliphatic heterocycles. The zero-order valence-corrected chi connectivity index (χ0v) is 19.2. The van der Waals surface area contributed by atoms with Crippen molar-refractivity contribution < 1.29 is 19.1 Å². The van der Waals surface area contributed by atoms with E-state index in [1.165, 1.54) is 11.0 Å². The summed E-state index contributed by atoms with van der Waals surface area (Å²) in [6, 6.07) is 12.8. The van der Waals surface area contributed by atoms with E-state index in [0.29, 0.717) is 29.7 Å². The first kappa shape index (κ1) is 23.5. The molecule has 0 unspecified atom stereocenters. The van der Waals surface area contributed by atoms with E-state index in [9.17, 15) is 9.59 Å². The fourth-order valence-electron chi connectivity index (χ4n) is 2.50. The lowest BCUT2D eigenvalue weighted by molar-refractivity contribution is -0.129. The standard InChI is InChI=1S/C23H27BrN2O4/c1-16(2)15-30-20-11-9-17(13-21(20)29-4)10-12-23(28)26(3)14-22(27)25-19-8-6-5-7-18(19)24/h5-13,16H,14-15H2,1-4H3,(H,25,27)/b12-10+. The van der Waals surface area contributed by atoms with Crippen molar-refractivity contribution in [1.82, 2.24) is 4.90 Å². The van der Waals surface area contributed by atoms with Gasteiger partial charge < -0.3 is 19.7 Å². The average Bonchev–Trinajstić information content (AvgIpc) is 2.72. The number of likely N-dealkylation sites (N-methyl/N-ethyl adjacent to an activating group) is 1. The summed E-state index contributed by atoms with van der Waals surface area (Å²) in [5.41, 5.74) is 1.45. The van der Waals surface area contributed by atoms with Crippen LogP contribution in [0, 0.1) is 5.92 Å². The van der Waals surface area contributed by atoms with Crippen molar-refractivity contribution in [2.45, 2.75) is 13.8 Å². The van der Waals surface area contributed by atoms with Crippen LogP contribution in [0.3, 0.4) is 0 Å². The summed E-state index contributed by atoms with van der Waals surface area (Å²) in [4.78, 5) is 25.9. The molecule has 6 nitrogen and oxygen atoms in total. The van der Waals surface area contributed by atoms with Crippen molar-refractivity contribution in [1.29, 1.82) is 0 Å². The molecule has 7 heteroatoms. The highest BCUT2D eigenvalue weighted by atomic mass is 79.9. The number of hydrogen-bond donors (Lipinski definition) is 1. The predicted octanol–water partition coefficient (Wildman–Crippen LogP) is 4.60. The van der Waals surface area contributed by atoms with Gasteiger partial charge in [-0.3, -0.25) is 9.59 Å². The van der Waals surface area contributed by atoms with Gasteiger partial charge in [-0.05, 0) is 57.8 Å². The van der Waals surface area contributed by atoms with Crippen LogP contribution in [-0.2, 0) is 9.59 Å². The number of nitrogens with one attached hydrogen (secondary N) is 1. The second-order valence-electron chi connectivity index (χ2n) is 7.17. The van der Waals surface area contributed by atoms with Gasteiger partial charge in [-0.1, -0.05) is 32.0 Å². The molecule has 0 saturated heterocycles.